The van der Waals surface area contributed by atoms with Gasteiger partial charge in [0.2, 0.25) is 5.91 Å². The Morgan fingerprint density at radius 3 is 2.08 bits per heavy atom. The molecule has 0 bridgehead atoms. The molecule has 0 aliphatic carbocycles. The number of hydrogen-bond donors (Lipinski definition) is 0. The van der Waals surface area contributed by atoms with Crippen LogP contribution in [0.25, 0.3) is 0 Å². The van der Waals surface area contributed by atoms with Crippen molar-refractivity contribution in [3.05, 3.63) is 70.5 Å². The molecule has 2 heterocycles. The summed E-state index contributed by atoms with van der Waals surface area (Å²) in [7, 11) is 1.30. The van der Waals surface area contributed by atoms with Crippen molar-refractivity contribution < 1.29 is 40.3 Å². The Balaban J connectivity index is 1.68. The predicted octanol–water partition coefficient (Wildman–Crippen LogP) is 6.02. The van der Waals surface area contributed by atoms with E-state index < -0.39 is 47.4 Å². The van der Waals surface area contributed by atoms with Crippen LogP contribution in [0.4, 0.5) is 35.5 Å². The van der Waals surface area contributed by atoms with Crippen LogP contribution < -0.4 is 0 Å². The lowest BCUT2D eigenvalue weighted by molar-refractivity contribution is -0.143. The largest absolute Gasteiger partial charge is 0.416 e. The van der Waals surface area contributed by atoms with Gasteiger partial charge in [-0.25, -0.2) is 9.18 Å². The van der Waals surface area contributed by atoms with Crippen molar-refractivity contribution in [3.8, 4) is 0 Å². The first-order chi connectivity index (χ1) is 17.2. The summed E-state index contributed by atoms with van der Waals surface area (Å²) in [6, 6.07) is 3.88. The van der Waals surface area contributed by atoms with E-state index in [0.717, 1.165) is 4.90 Å². The monoisotopic (exact) mass is 531 g/mol. The number of halogens is 7. The highest BCUT2D eigenvalue weighted by Gasteiger charge is 2.46. The molecule has 0 N–H and O–H groups in total. The van der Waals surface area contributed by atoms with Crippen LogP contribution in [0, 0.1) is 5.82 Å². The summed E-state index contributed by atoms with van der Waals surface area (Å²) in [6.45, 7) is 1.67. The third-order valence-corrected chi connectivity index (χ3v) is 7.09. The van der Waals surface area contributed by atoms with Gasteiger partial charge < -0.3 is 14.7 Å². The van der Waals surface area contributed by atoms with Crippen LogP contribution in [0.3, 0.4) is 0 Å². The van der Waals surface area contributed by atoms with Gasteiger partial charge in [0.1, 0.15) is 5.82 Å². The Bertz CT molecular complexity index is 1150. The van der Waals surface area contributed by atoms with E-state index in [9.17, 15) is 40.3 Å². The zero-order valence-corrected chi connectivity index (χ0v) is 19.9. The normalized spacial score (nSPS) is 21.2. The minimum atomic E-state index is -5.02. The SMILES string of the molecule is CC(c1cc(C(F)(F)F)cc(C(F)(F)F)c1)N(C)C(=O)N1CCN2C(=O)CCC2C1c1ccc(F)cc1. The van der Waals surface area contributed by atoms with Crippen LogP contribution in [0.15, 0.2) is 42.5 Å². The third kappa shape index (κ3) is 5.24. The maximum Gasteiger partial charge on any atom is 0.416 e. The summed E-state index contributed by atoms with van der Waals surface area (Å²) in [4.78, 5) is 30.1. The van der Waals surface area contributed by atoms with Crippen LogP contribution in [0.5, 0.6) is 0 Å². The summed E-state index contributed by atoms with van der Waals surface area (Å²) < 4.78 is 93.7. The highest BCUT2D eigenvalue weighted by Crippen LogP contribution is 2.40. The highest BCUT2D eigenvalue weighted by molar-refractivity contribution is 5.81. The van der Waals surface area contributed by atoms with Gasteiger partial charge in [0.05, 0.1) is 29.3 Å². The van der Waals surface area contributed by atoms with E-state index in [-0.39, 0.29) is 43.1 Å². The Hall–Kier alpha value is -3.31. The Kier molecular flexibility index (Phi) is 6.89. The van der Waals surface area contributed by atoms with Crippen LogP contribution in [0.1, 0.15) is 54.1 Å². The van der Waals surface area contributed by atoms with Crippen LogP contribution >= 0.6 is 0 Å². The van der Waals surface area contributed by atoms with E-state index in [1.54, 1.807) is 4.90 Å². The fraction of sp³-hybridized carbons (Fsp3) is 0.440. The molecule has 12 heteroatoms. The molecule has 2 aliphatic heterocycles. The van der Waals surface area contributed by atoms with E-state index in [4.69, 9.17) is 0 Å². The number of urea groups is 1. The molecule has 3 atom stereocenters. The molecular formula is C25H24F7N3O2. The number of carbonyl (C=O) groups is 2. The Morgan fingerprint density at radius 1 is 0.973 bits per heavy atom. The van der Waals surface area contributed by atoms with Crippen molar-refractivity contribution >= 4 is 11.9 Å². The smallest absolute Gasteiger partial charge is 0.335 e. The molecule has 0 saturated carbocycles. The summed E-state index contributed by atoms with van der Waals surface area (Å²) in [5.41, 5.74) is -2.69. The van der Waals surface area contributed by atoms with Gasteiger partial charge in [-0.2, -0.15) is 26.3 Å². The van der Waals surface area contributed by atoms with Crippen molar-refractivity contribution in [3.63, 3.8) is 0 Å². The number of hydrogen-bond acceptors (Lipinski definition) is 2. The predicted molar refractivity (Wildman–Crippen MR) is 119 cm³/mol. The Morgan fingerprint density at radius 2 is 1.54 bits per heavy atom. The molecule has 4 rings (SSSR count). The molecule has 2 saturated heterocycles. The fourth-order valence-corrected chi connectivity index (χ4v) is 5.03. The first kappa shape index (κ1) is 26.7. The topological polar surface area (TPSA) is 43.9 Å². The number of rotatable bonds is 3. The number of fused-ring (bicyclic) bond motifs is 1. The van der Waals surface area contributed by atoms with Gasteiger partial charge in [0.15, 0.2) is 0 Å². The van der Waals surface area contributed by atoms with Gasteiger partial charge in [-0.05, 0) is 54.8 Å². The number of piperazine rings is 1. The van der Waals surface area contributed by atoms with E-state index in [1.807, 2.05) is 0 Å². The quantitative estimate of drug-likeness (QED) is 0.455. The molecular weight excluding hydrogens is 507 g/mol. The van der Waals surface area contributed by atoms with Gasteiger partial charge >= 0.3 is 18.4 Å². The lowest BCUT2D eigenvalue weighted by Gasteiger charge is -2.46. The van der Waals surface area contributed by atoms with Gasteiger partial charge in [-0.15, -0.1) is 0 Å². The van der Waals surface area contributed by atoms with Crippen molar-refractivity contribution in [2.45, 2.75) is 50.2 Å². The van der Waals surface area contributed by atoms with Crippen molar-refractivity contribution in [2.75, 3.05) is 20.1 Å². The first-order valence-corrected chi connectivity index (χ1v) is 11.6. The van der Waals surface area contributed by atoms with E-state index >= 15 is 0 Å². The van der Waals surface area contributed by atoms with Gasteiger partial charge in [0.25, 0.3) is 0 Å². The number of alkyl halides is 6. The van der Waals surface area contributed by atoms with Crippen LogP contribution in [-0.2, 0) is 17.1 Å². The molecule has 200 valence electrons. The maximum atomic E-state index is 13.6. The van der Waals surface area contributed by atoms with Crippen molar-refractivity contribution in [1.82, 2.24) is 14.7 Å². The van der Waals surface area contributed by atoms with Gasteiger partial charge in [-0.1, -0.05) is 12.1 Å². The first-order valence-electron chi connectivity index (χ1n) is 11.6. The molecule has 3 unspecified atom stereocenters. The number of amides is 3. The summed E-state index contributed by atoms with van der Waals surface area (Å²) >= 11 is 0. The number of benzene rings is 2. The minimum absolute atomic E-state index is 0.0406. The van der Waals surface area contributed by atoms with Gasteiger partial charge in [-0.3, -0.25) is 4.79 Å². The summed E-state index contributed by atoms with van der Waals surface area (Å²) in [6.07, 6.45) is -9.30. The molecule has 2 fully saturated rings. The molecule has 2 aromatic rings. The molecule has 0 aromatic heterocycles. The van der Waals surface area contributed by atoms with Crippen LogP contribution in [-0.4, -0.2) is 52.8 Å². The average Bonchev–Trinajstić information content (AvgIpc) is 3.22. The second-order valence-corrected chi connectivity index (χ2v) is 9.29. The lowest BCUT2D eigenvalue weighted by Crippen LogP contribution is -2.57. The lowest BCUT2D eigenvalue weighted by atomic mass is 9.93. The second kappa shape index (κ2) is 9.53. The fourth-order valence-electron chi connectivity index (χ4n) is 5.03. The molecule has 37 heavy (non-hydrogen) atoms. The molecule has 5 nitrogen and oxygen atoms in total. The Labute approximate surface area is 208 Å². The van der Waals surface area contributed by atoms with Crippen molar-refractivity contribution in [1.29, 1.82) is 0 Å². The standard InChI is InChI=1S/C25H24F7N3O2/c1-14(16-11-17(24(27,28)29)13-18(12-16)25(30,31)32)33(2)23(37)35-10-9-34-20(7-8-21(34)36)22(35)15-3-5-19(26)6-4-15/h3-6,11-14,20,22H,7-10H2,1-2H3. The van der Waals surface area contributed by atoms with Crippen LogP contribution in [0.2, 0.25) is 0 Å². The third-order valence-electron chi connectivity index (χ3n) is 7.09. The van der Waals surface area contributed by atoms with Gasteiger partial charge in [0, 0.05) is 26.6 Å². The zero-order valence-electron chi connectivity index (χ0n) is 19.9. The molecule has 0 spiro atoms. The molecule has 2 aliphatic rings. The van der Waals surface area contributed by atoms with E-state index in [0.29, 0.717) is 24.1 Å². The maximum absolute atomic E-state index is 13.6. The average molecular weight is 531 g/mol. The highest BCUT2D eigenvalue weighted by atomic mass is 19.4. The summed E-state index contributed by atoms with van der Waals surface area (Å²) in [5.74, 6) is -0.567. The van der Waals surface area contributed by atoms with Crippen molar-refractivity contribution in [2.24, 2.45) is 0 Å². The minimum Gasteiger partial charge on any atom is -0.335 e. The van der Waals surface area contributed by atoms with E-state index in [2.05, 4.69) is 0 Å². The number of carbonyl (C=O) groups excluding carboxylic acids is 2. The zero-order chi connectivity index (χ0) is 27.3. The molecule has 2 aromatic carbocycles. The molecule has 0 radical (unpaired) electrons. The molecule has 3 amide bonds. The summed E-state index contributed by atoms with van der Waals surface area (Å²) in [5, 5.41) is 0. The second-order valence-electron chi connectivity index (χ2n) is 9.29. The van der Waals surface area contributed by atoms with E-state index in [1.165, 1.54) is 43.1 Å². The number of nitrogens with zero attached hydrogens (tertiary/aromatic N) is 3.